The highest BCUT2D eigenvalue weighted by molar-refractivity contribution is 7.78. The van der Waals surface area contributed by atoms with Crippen molar-refractivity contribution in [2.24, 2.45) is 0 Å². The Labute approximate surface area is 111 Å². The van der Waals surface area contributed by atoms with Crippen LogP contribution in [0.3, 0.4) is 0 Å². The predicted molar refractivity (Wildman–Crippen MR) is 79.4 cm³/mol. The van der Waals surface area contributed by atoms with Gasteiger partial charge < -0.3 is 0 Å². The lowest BCUT2D eigenvalue weighted by Gasteiger charge is -2.32. The summed E-state index contributed by atoms with van der Waals surface area (Å²) in [5, 5.41) is 11.4. The standard InChI is InChI=1S/C10H28N4O2P2/c1-6-11-17(15,12-7-2)10(5)18(16,13-8-3)14-9-4/h10H,6-9H2,1-5H3,(H2,11,12,15)(H2,13,14,16). The molecule has 0 aromatic rings. The highest BCUT2D eigenvalue weighted by Crippen LogP contribution is 2.59. The first-order valence-electron chi connectivity index (χ1n) is 6.60. The molecular weight excluding hydrogens is 270 g/mol. The average Bonchev–Trinajstić information content (AvgIpc) is 2.29. The molecule has 0 radical (unpaired) electrons. The van der Waals surface area contributed by atoms with E-state index in [-0.39, 0.29) is 0 Å². The Bertz CT molecular complexity index is 275. The van der Waals surface area contributed by atoms with Crippen LogP contribution in [0.1, 0.15) is 34.6 Å². The van der Waals surface area contributed by atoms with Crippen molar-refractivity contribution < 1.29 is 9.13 Å². The minimum Gasteiger partial charge on any atom is -0.288 e. The normalized spacial score (nSPS) is 13.2. The highest BCUT2D eigenvalue weighted by Gasteiger charge is 2.41. The van der Waals surface area contributed by atoms with E-state index in [9.17, 15) is 9.13 Å². The van der Waals surface area contributed by atoms with E-state index in [0.717, 1.165) is 0 Å². The number of nitrogens with one attached hydrogen (secondary N) is 4. The molecule has 0 rings (SSSR count). The van der Waals surface area contributed by atoms with Gasteiger partial charge in [0.25, 0.3) is 0 Å². The summed E-state index contributed by atoms with van der Waals surface area (Å²) >= 11 is 0. The third kappa shape index (κ3) is 4.76. The van der Waals surface area contributed by atoms with Crippen molar-refractivity contribution in [1.29, 1.82) is 0 Å². The maximum absolute atomic E-state index is 12.8. The van der Waals surface area contributed by atoms with Crippen LogP contribution in [-0.2, 0) is 9.13 Å². The molecule has 18 heavy (non-hydrogen) atoms. The molecular formula is C10H28N4O2P2. The van der Waals surface area contributed by atoms with Gasteiger partial charge in [0, 0.05) is 26.2 Å². The van der Waals surface area contributed by atoms with E-state index >= 15 is 0 Å². The Morgan fingerprint density at radius 1 is 0.722 bits per heavy atom. The van der Waals surface area contributed by atoms with Crippen LogP contribution in [0.2, 0.25) is 0 Å². The Morgan fingerprint density at radius 3 is 1.11 bits per heavy atom. The molecule has 0 spiro atoms. The van der Waals surface area contributed by atoms with E-state index in [4.69, 9.17) is 0 Å². The smallest absolute Gasteiger partial charge is 0.223 e. The SMILES string of the molecule is CCNP(=O)(NCC)C(C)P(=O)(NCC)NCC. The van der Waals surface area contributed by atoms with Crippen LogP contribution in [0.25, 0.3) is 0 Å². The van der Waals surface area contributed by atoms with Crippen molar-refractivity contribution in [1.82, 2.24) is 20.3 Å². The molecule has 0 unspecified atom stereocenters. The van der Waals surface area contributed by atoms with E-state index in [1.165, 1.54) is 0 Å². The minimum absolute atomic E-state index is 0.496. The second-order valence-corrected chi connectivity index (χ2v) is 9.85. The third-order valence-corrected chi connectivity index (χ3v) is 9.82. The zero-order valence-electron chi connectivity index (χ0n) is 12.1. The number of hydrogen-bond acceptors (Lipinski definition) is 2. The second-order valence-electron chi connectivity index (χ2n) is 3.99. The molecule has 0 heterocycles. The lowest BCUT2D eigenvalue weighted by Crippen LogP contribution is -2.36. The molecule has 0 aliphatic rings. The van der Waals surface area contributed by atoms with Gasteiger partial charge in [-0.1, -0.05) is 27.7 Å². The average molecular weight is 298 g/mol. The van der Waals surface area contributed by atoms with Gasteiger partial charge in [-0.15, -0.1) is 0 Å². The maximum Gasteiger partial charge on any atom is 0.223 e. The van der Waals surface area contributed by atoms with Crippen molar-refractivity contribution >= 4 is 14.9 Å². The molecule has 110 valence electrons. The quantitative estimate of drug-likeness (QED) is 0.463. The zero-order valence-corrected chi connectivity index (χ0v) is 13.9. The second kappa shape index (κ2) is 8.47. The van der Waals surface area contributed by atoms with Crippen LogP contribution in [0.15, 0.2) is 0 Å². The Balaban J connectivity index is 5.18. The van der Waals surface area contributed by atoms with E-state index in [0.29, 0.717) is 26.2 Å². The zero-order chi connectivity index (χ0) is 14.2. The molecule has 0 saturated carbocycles. The monoisotopic (exact) mass is 298 g/mol. The molecule has 0 aromatic carbocycles. The lowest BCUT2D eigenvalue weighted by atomic mass is 10.8. The Hall–Kier alpha value is 0.300. The predicted octanol–water partition coefficient (Wildman–Crippen LogP) is 2.16. The van der Waals surface area contributed by atoms with Gasteiger partial charge in [-0.2, -0.15) is 0 Å². The summed E-state index contributed by atoms with van der Waals surface area (Å²) < 4.78 is 25.7. The van der Waals surface area contributed by atoms with Crippen molar-refractivity contribution in [3.63, 3.8) is 0 Å². The molecule has 0 aliphatic carbocycles. The molecule has 0 amide bonds. The first-order chi connectivity index (χ1) is 8.40. The summed E-state index contributed by atoms with van der Waals surface area (Å²) in [5.41, 5.74) is 0. The van der Waals surface area contributed by atoms with Crippen LogP contribution in [0, 0.1) is 0 Å². The minimum atomic E-state index is -2.88. The molecule has 6 nitrogen and oxygen atoms in total. The van der Waals surface area contributed by atoms with Gasteiger partial charge in [-0.25, -0.2) is 0 Å². The first-order valence-corrected chi connectivity index (χ1v) is 10.1. The van der Waals surface area contributed by atoms with Crippen molar-refractivity contribution in [2.45, 2.75) is 40.0 Å². The van der Waals surface area contributed by atoms with Crippen molar-refractivity contribution in [2.75, 3.05) is 26.2 Å². The van der Waals surface area contributed by atoms with Gasteiger partial charge in [0.2, 0.25) is 14.9 Å². The molecule has 0 saturated heterocycles. The van der Waals surface area contributed by atoms with E-state index in [2.05, 4.69) is 20.3 Å². The van der Waals surface area contributed by atoms with Gasteiger partial charge in [-0.05, 0) is 6.92 Å². The molecule has 8 heteroatoms. The number of hydrogen-bond donors (Lipinski definition) is 4. The largest absolute Gasteiger partial charge is 0.288 e. The van der Waals surface area contributed by atoms with Crippen LogP contribution in [0.5, 0.6) is 0 Å². The van der Waals surface area contributed by atoms with Crippen LogP contribution in [-0.4, -0.2) is 31.6 Å². The van der Waals surface area contributed by atoms with Crippen molar-refractivity contribution in [3.05, 3.63) is 0 Å². The van der Waals surface area contributed by atoms with Gasteiger partial charge in [0.05, 0.1) is 0 Å². The van der Waals surface area contributed by atoms with Crippen LogP contribution >= 0.6 is 14.9 Å². The maximum atomic E-state index is 12.8. The molecule has 0 fully saturated rings. The highest BCUT2D eigenvalue weighted by atomic mass is 31.2. The summed E-state index contributed by atoms with van der Waals surface area (Å²) in [6, 6.07) is 0. The Kier molecular flexibility index (Phi) is 8.61. The fourth-order valence-electron chi connectivity index (χ4n) is 1.81. The fraction of sp³-hybridized carbons (Fsp3) is 1.00. The molecule has 0 atom stereocenters. The number of rotatable bonds is 10. The van der Waals surface area contributed by atoms with Crippen molar-refractivity contribution in [3.8, 4) is 0 Å². The van der Waals surface area contributed by atoms with E-state index in [1.54, 1.807) is 6.92 Å². The lowest BCUT2D eigenvalue weighted by molar-refractivity contribution is 0.537. The fourth-order valence-corrected chi connectivity index (χ4v) is 7.78. The van der Waals surface area contributed by atoms with Gasteiger partial charge in [0.15, 0.2) is 0 Å². The summed E-state index contributed by atoms with van der Waals surface area (Å²) in [5.74, 6) is 0. The first kappa shape index (κ1) is 18.3. The molecule has 4 N–H and O–H groups in total. The summed E-state index contributed by atoms with van der Waals surface area (Å²) in [7, 11) is -5.76. The molecule has 0 aromatic heterocycles. The summed E-state index contributed by atoms with van der Waals surface area (Å²) in [6.07, 6.45) is 0. The summed E-state index contributed by atoms with van der Waals surface area (Å²) in [6.45, 7) is 11.6. The molecule has 0 aliphatic heterocycles. The van der Waals surface area contributed by atoms with E-state index in [1.807, 2.05) is 27.7 Å². The van der Waals surface area contributed by atoms with Crippen LogP contribution in [0.4, 0.5) is 0 Å². The van der Waals surface area contributed by atoms with E-state index < -0.39 is 20.3 Å². The van der Waals surface area contributed by atoms with Crippen LogP contribution < -0.4 is 20.3 Å². The topological polar surface area (TPSA) is 82.3 Å². The summed E-state index contributed by atoms with van der Waals surface area (Å²) in [4.78, 5) is 0. The third-order valence-electron chi connectivity index (χ3n) is 2.62. The van der Waals surface area contributed by atoms with Gasteiger partial charge in [-0.3, -0.25) is 29.5 Å². The van der Waals surface area contributed by atoms with Gasteiger partial charge in [0.1, 0.15) is 5.40 Å². The Morgan fingerprint density at radius 2 is 0.944 bits per heavy atom. The molecule has 0 bridgehead atoms. The van der Waals surface area contributed by atoms with Gasteiger partial charge >= 0.3 is 0 Å².